The van der Waals surface area contributed by atoms with Crippen molar-refractivity contribution in [3.8, 4) is 0 Å². The highest BCUT2D eigenvalue weighted by Crippen LogP contribution is 2.42. The van der Waals surface area contributed by atoms with Crippen molar-refractivity contribution >= 4 is 5.78 Å². The highest BCUT2D eigenvalue weighted by molar-refractivity contribution is 6.07. The maximum absolute atomic E-state index is 13.8. The van der Waals surface area contributed by atoms with Gasteiger partial charge in [-0.05, 0) is 29.2 Å². The van der Waals surface area contributed by atoms with Crippen LogP contribution in [0.15, 0.2) is 60.8 Å². The first-order chi connectivity index (χ1) is 15.1. The molecule has 0 radical (unpaired) electrons. The summed E-state index contributed by atoms with van der Waals surface area (Å²) in [4.78, 5) is 18.7. The number of aryl methyl sites for hydroxylation is 2. The number of ketones is 1. The lowest BCUT2D eigenvalue weighted by atomic mass is 9.87. The van der Waals surface area contributed by atoms with E-state index in [4.69, 9.17) is 5.10 Å². The first-order valence-corrected chi connectivity index (χ1v) is 11.3. The van der Waals surface area contributed by atoms with Crippen LogP contribution in [0.3, 0.4) is 0 Å². The number of hydrogen-bond donors (Lipinski definition) is 0. The van der Waals surface area contributed by atoms with Crippen LogP contribution in [0, 0.1) is 0 Å². The second kappa shape index (κ2) is 8.06. The van der Waals surface area contributed by atoms with E-state index in [-0.39, 0.29) is 5.78 Å². The van der Waals surface area contributed by atoms with Crippen molar-refractivity contribution in [3.63, 3.8) is 0 Å². The predicted molar refractivity (Wildman–Crippen MR) is 122 cm³/mol. The molecule has 3 aromatic rings. The zero-order chi connectivity index (χ0) is 21.4. The van der Waals surface area contributed by atoms with Crippen LogP contribution in [0.5, 0.6) is 0 Å². The van der Waals surface area contributed by atoms with Gasteiger partial charge in [-0.1, -0.05) is 55.5 Å². The van der Waals surface area contributed by atoms with E-state index >= 15 is 0 Å². The maximum Gasteiger partial charge on any atom is 0.189 e. The third-order valence-corrected chi connectivity index (χ3v) is 7.03. The van der Waals surface area contributed by atoms with E-state index in [1.165, 1.54) is 11.1 Å². The average Bonchev–Trinajstić information content (AvgIpc) is 3.37. The van der Waals surface area contributed by atoms with Crippen molar-refractivity contribution in [3.05, 3.63) is 88.7 Å². The van der Waals surface area contributed by atoms with Gasteiger partial charge in [-0.2, -0.15) is 5.10 Å². The zero-order valence-electron chi connectivity index (χ0n) is 18.4. The summed E-state index contributed by atoms with van der Waals surface area (Å²) in [5.74, 6) is 0.201. The van der Waals surface area contributed by atoms with Gasteiger partial charge in [0.05, 0.1) is 5.69 Å². The highest BCUT2D eigenvalue weighted by atomic mass is 16.1. The summed E-state index contributed by atoms with van der Waals surface area (Å²) in [6, 6.07) is 18.8. The summed E-state index contributed by atoms with van der Waals surface area (Å²) >= 11 is 0. The minimum Gasteiger partial charge on any atom is -0.297 e. The van der Waals surface area contributed by atoms with E-state index in [0.717, 1.165) is 56.0 Å². The lowest BCUT2D eigenvalue weighted by molar-refractivity contribution is 0.0269. The van der Waals surface area contributed by atoms with Gasteiger partial charge in [0.2, 0.25) is 0 Å². The van der Waals surface area contributed by atoms with E-state index in [1.54, 1.807) is 0 Å². The van der Waals surface area contributed by atoms with E-state index in [1.807, 2.05) is 42.2 Å². The van der Waals surface area contributed by atoms with Crippen LogP contribution in [0.25, 0.3) is 0 Å². The summed E-state index contributed by atoms with van der Waals surface area (Å²) in [5, 5.41) is 4.72. The van der Waals surface area contributed by atoms with E-state index in [2.05, 4.69) is 47.1 Å². The fourth-order valence-electron chi connectivity index (χ4n) is 5.32. The van der Waals surface area contributed by atoms with Crippen molar-refractivity contribution in [2.75, 3.05) is 26.2 Å². The second-order valence-corrected chi connectivity index (χ2v) is 8.78. The molecule has 1 unspecified atom stereocenters. The summed E-state index contributed by atoms with van der Waals surface area (Å²) in [7, 11) is 1.92. The summed E-state index contributed by atoms with van der Waals surface area (Å²) in [6.07, 6.45) is 3.72. The molecule has 5 nitrogen and oxygen atoms in total. The quantitative estimate of drug-likeness (QED) is 0.641. The molecule has 160 valence electrons. The fraction of sp³-hybridized carbons (Fsp3) is 0.385. The average molecular weight is 415 g/mol. The number of nitrogens with zero attached hydrogens (tertiary/aromatic N) is 4. The number of piperazine rings is 1. The molecule has 1 fully saturated rings. The van der Waals surface area contributed by atoms with Crippen molar-refractivity contribution in [1.82, 2.24) is 19.6 Å². The van der Waals surface area contributed by atoms with E-state index < -0.39 is 5.54 Å². The number of fused-ring (bicyclic) bond motifs is 1. The number of rotatable bonds is 5. The molecular weight excluding hydrogens is 384 g/mol. The molecule has 1 aromatic heterocycles. The van der Waals surface area contributed by atoms with Gasteiger partial charge in [0.1, 0.15) is 5.54 Å². The monoisotopic (exact) mass is 414 g/mol. The Morgan fingerprint density at radius 3 is 2.32 bits per heavy atom. The number of benzene rings is 2. The molecule has 5 rings (SSSR count). The Morgan fingerprint density at radius 1 is 0.935 bits per heavy atom. The Kier molecular flexibility index (Phi) is 5.24. The third kappa shape index (κ3) is 3.42. The minimum absolute atomic E-state index is 0.201. The first kappa shape index (κ1) is 20.2. The Morgan fingerprint density at radius 2 is 1.65 bits per heavy atom. The molecule has 2 aromatic carbocycles. The van der Waals surface area contributed by atoms with Gasteiger partial charge in [0.25, 0.3) is 0 Å². The smallest absolute Gasteiger partial charge is 0.189 e. The molecule has 0 bridgehead atoms. The lowest BCUT2D eigenvalue weighted by Gasteiger charge is -2.44. The van der Waals surface area contributed by atoms with Crippen molar-refractivity contribution in [2.45, 2.75) is 31.8 Å². The number of carbonyl (C=O) groups excluding carboxylic acids is 1. The summed E-state index contributed by atoms with van der Waals surface area (Å²) in [5.41, 5.74) is 5.03. The number of carbonyl (C=O) groups is 1. The lowest BCUT2D eigenvalue weighted by Crippen LogP contribution is -2.58. The molecule has 2 aliphatic rings. The van der Waals surface area contributed by atoms with Gasteiger partial charge in [-0.25, -0.2) is 0 Å². The van der Waals surface area contributed by atoms with Crippen molar-refractivity contribution in [1.29, 1.82) is 0 Å². The highest BCUT2D eigenvalue weighted by Gasteiger charge is 2.52. The topological polar surface area (TPSA) is 41.4 Å². The molecule has 0 N–H and O–H groups in total. The van der Waals surface area contributed by atoms with Crippen LogP contribution in [0.1, 0.15) is 39.7 Å². The van der Waals surface area contributed by atoms with Crippen LogP contribution < -0.4 is 0 Å². The van der Waals surface area contributed by atoms with Gasteiger partial charge >= 0.3 is 0 Å². The predicted octanol–water partition coefficient (Wildman–Crippen LogP) is 3.43. The zero-order valence-corrected chi connectivity index (χ0v) is 18.4. The fourth-order valence-corrected chi connectivity index (χ4v) is 5.32. The Bertz CT molecular complexity index is 1100. The Balaban J connectivity index is 1.40. The van der Waals surface area contributed by atoms with Crippen molar-refractivity contribution < 1.29 is 4.79 Å². The summed E-state index contributed by atoms with van der Waals surface area (Å²) in [6.45, 7) is 6.83. The SMILES string of the molecule is CCc1ccccc1CN1CCN(C2(c3ccn(C)n3)Cc3ccccc3C2=O)CC1. The number of Topliss-reactive ketones (excluding diaryl/α,β-unsaturated/α-hetero) is 1. The molecule has 0 amide bonds. The Labute approximate surface area is 184 Å². The van der Waals surface area contributed by atoms with Crippen molar-refractivity contribution in [2.24, 2.45) is 7.05 Å². The largest absolute Gasteiger partial charge is 0.297 e. The van der Waals surface area contributed by atoms with Crippen LogP contribution >= 0.6 is 0 Å². The van der Waals surface area contributed by atoms with Crippen LogP contribution in [-0.2, 0) is 32.0 Å². The minimum atomic E-state index is -0.682. The molecule has 5 heteroatoms. The first-order valence-electron chi connectivity index (χ1n) is 11.3. The second-order valence-electron chi connectivity index (χ2n) is 8.78. The molecule has 1 atom stereocenters. The van der Waals surface area contributed by atoms with Gasteiger partial charge in [-0.15, -0.1) is 0 Å². The van der Waals surface area contributed by atoms with Gasteiger partial charge in [-0.3, -0.25) is 19.3 Å². The third-order valence-electron chi connectivity index (χ3n) is 7.03. The number of hydrogen-bond acceptors (Lipinski definition) is 4. The molecule has 1 aliphatic carbocycles. The van der Waals surface area contributed by atoms with E-state index in [9.17, 15) is 4.79 Å². The molecular formula is C26H30N4O. The summed E-state index contributed by atoms with van der Waals surface area (Å²) < 4.78 is 1.81. The molecule has 31 heavy (non-hydrogen) atoms. The van der Waals surface area contributed by atoms with Crippen LogP contribution in [-0.4, -0.2) is 51.5 Å². The van der Waals surface area contributed by atoms with E-state index in [0.29, 0.717) is 6.42 Å². The molecule has 0 spiro atoms. The molecule has 1 saturated heterocycles. The molecule has 2 heterocycles. The van der Waals surface area contributed by atoms with Crippen LogP contribution in [0.2, 0.25) is 0 Å². The maximum atomic E-state index is 13.8. The van der Waals surface area contributed by atoms with Gasteiger partial charge in [0, 0.05) is 58.0 Å². The standard InChI is InChI=1S/C26H30N4O/c1-3-20-8-4-5-10-22(20)19-29-14-16-30(17-15-29)26(24-12-13-28(2)27-24)18-21-9-6-7-11-23(21)25(26)31/h4-13H,3,14-19H2,1-2H3. The number of aromatic nitrogens is 2. The Hall–Kier alpha value is -2.76. The molecule has 1 aliphatic heterocycles. The van der Waals surface area contributed by atoms with Crippen LogP contribution in [0.4, 0.5) is 0 Å². The van der Waals surface area contributed by atoms with Gasteiger partial charge < -0.3 is 0 Å². The normalized spacial score (nSPS) is 22.1. The molecule has 0 saturated carbocycles. The van der Waals surface area contributed by atoms with Gasteiger partial charge in [0.15, 0.2) is 5.78 Å².